The van der Waals surface area contributed by atoms with Crippen LogP contribution in [0.3, 0.4) is 0 Å². The van der Waals surface area contributed by atoms with Crippen LogP contribution in [0, 0.1) is 6.92 Å². The van der Waals surface area contributed by atoms with Crippen molar-refractivity contribution in [3.8, 4) is 0 Å². The van der Waals surface area contributed by atoms with Crippen molar-refractivity contribution in [2.24, 2.45) is 0 Å². The predicted molar refractivity (Wildman–Crippen MR) is 160 cm³/mol. The molecule has 2 amide bonds. The number of carbonyl (C=O) groups is 3. The summed E-state index contributed by atoms with van der Waals surface area (Å²) in [5.74, 6) is -1.67. The van der Waals surface area contributed by atoms with Crippen molar-refractivity contribution in [1.82, 2.24) is 0 Å². The molecule has 0 bridgehead atoms. The van der Waals surface area contributed by atoms with Crippen molar-refractivity contribution in [1.29, 1.82) is 0 Å². The van der Waals surface area contributed by atoms with E-state index in [-0.39, 0.29) is 17.0 Å². The molecule has 5 aromatic rings. The number of carboxylic acids is 1. The highest BCUT2D eigenvalue weighted by Gasteiger charge is 2.23. The first-order valence-electron chi connectivity index (χ1n) is 12.6. The van der Waals surface area contributed by atoms with E-state index in [0.717, 1.165) is 21.7 Å². The number of fused-ring (bicyclic) bond motifs is 1. The Hall–Kier alpha value is -4.88. The summed E-state index contributed by atoms with van der Waals surface area (Å²) >= 11 is 1.38. The Morgan fingerprint density at radius 2 is 1.35 bits per heavy atom. The molecule has 0 fully saturated rings. The van der Waals surface area contributed by atoms with E-state index < -0.39 is 17.1 Å². The van der Waals surface area contributed by atoms with Gasteiger partial charge in [-0.1, -0.05) is 72.8 Å². The molecular formula is C33H26N2O4S. The Morgan fingerprint density at radius 1 is 0.700 bits per heavy atom. The molecule has 0 saturated heterocycles. The molecule has 0 aliphatic rings. The Balaban J connectivity index is 1.40. The molecule has 1 unspecified atom stereocenters. The summed E-state index contributed by atoms with van der Waals surface area (Å²) < 4.78 is 0. The maximum atomic E-state index is 13.4. The maximum absolute atomic E-state index is 13.4. The average Bonchev–Trinajstić information content (AvgIpc) is 2.95. The molecule has 0 spiro atoms. The third kappa shape index (κ3) is 6.06. The van der Waals surface area contributed by atoms with Crippen LogP contribution in [0.25, 0.3) is 10.8 Å². The summed E-state index contributed by atoms with van der Waals surface area (Å²) in [6.45, 7) is 1.97. The van der Waals surface area contributed by atoms with Gasteiger partial charge in [0.05, 0.1) is 5.56 Å². The van der Waals surface area contributed by atoms with Gasteiger partial charge in [-0.3, -0.25) is 9.59 Å². The Labute approximate surface area is 236 Å². The minimum absolute atomic E-state index is 0.0675. The number of carboxylic acid groups (broad SMARTS) is 1. The summed E-state index contributed by atoms with van der Waals surface area (Å²) in [6.07, 6.45) is 0. The molecule has 0 saturated carbocycles. The summed E-state index contributed by atoms with van der Waals surface area (Å²) in [4.78, 5) is 39.4. The highest BCUT2D eigenvalue weighted by molar-refractivity contribution is 8.00. The van der Waals surface area contributed by atoms with Crippen LogP contribution in [0.15, 0.2) is 120 Å². The molecule has 0 aromatic heterocycles. The third-order valence-corrected chi connectivity index (χ3v) is 7.60. The van der Waals surface area contributed by atoms with E-state index in [4.69, 9.17) is 0 Å². The molecule has 5 aromatic carbocycles. The third-order valence-electron chi connectivity index (χ3n) is 6.35. The van der Waals surface area contributed by atoms with Crippen molar-refractivity contribution >= 4 is 51.7 Å². The second-order valence-corrected chi connectivity index (χ2v) is 10.4. The normalized spacial score (nSPS) is 11.5. The van der Waals surface area contributed by atoms with E-state index in [9.17, 15) is 19.5 Å². The van der Waals surface area contributed by atoms with Crippen LogP contribution < -0.4 is 10.6 Å². The Bertz CT molecular complexity index is 1710. The van der Waals surface area contributed by atoms with E-state index in [0.29, 0.717) is 16.5 Å². The maximum Gasteiger partial charge on any atom is 0.336 e. The lowest BCUT2D eigenvalue weighted by atomic mass is 9.98. The van der Waals surface area contributed by atoms with Crippen LogP contribution in [0.4, 0.5) is 11.4 Å². The van der Waals surface area contributed by atoms with Gasteiger partial charge >= 0.3 is 5.97 Å². The van der Waals surface area contributed by atoms with Gasteiger partial charge in [0.2, 0.25) is 5.91 Å². The molecule has 0 aliphatic carbocycles. The minimum Gasteiger partial charge on any atom is -0.478 e. The Morgan fingerprint density at radius 3 is 2.05 bits per heavy atom. The first-order chi connectivity index (χ1) is 19.4. The smallest absolute Gasteiger partial charge is 0.336 e. The van der Waals surface area contributed by atoms with Gasteiger partial charge in [-0.05, 0) is 65.9 Å². The number of benzene rings is 5. The number of rotatable bonds is 8. The van der Waals surface area contributed by atoms with E-state index in [2.05, 4.69) is 10.6 Å². The van der Waals surface area contributed by atoms with Crippen LogP contribution in [0.5, 0.6) is 0 Å². The van der Waals surface area contributed by atoms with Crippen molar-refractivity contribution in [3.05, 3.63) is 138 Å². The van der Waals surface area contributed by atoms with Crippen LogP contribution in [0.2, 0.25) is 0 Å². The highest BCUT2D eigenvalue weighted by Crippen LogP contribution is 2.37. The summed E-state index contributed by atoms with van der Waals surface area (Å²) in [7, 11) is 0. The number of thioether (sulfide) groups is 1. The topological polar surface area (TPSA) is 95.5 Å². The standard InChI is InChI=1S/C33H26N2O4S/c1-21-9-5-14-24(19-21)35-32(37)30(23-10-3-2-4-11-23)40-26-16-8-15-25(20-26)34-31(36)27-17-6-12-22-13-7-18-28(29(22)27)33(38)39/h2-20,30H,1H3,(H,34,36)(H,35,37)(H,38,39). The number of aromatic carboxylic acids is 1. The fraction of sp³-hybridized carbons (Fsp3) is 0.0606. The average molecular weight is 547 g/mol. The molecule has 40 heavy (non-hydrogen) atoms. The molecule has 0 heterocycles. The molecule has 198 valence electrons. The first-order valence-corrected chi connectivity index (χ1v) is 13.5. The van der Waals surface area contributed by atoms with Crippen molar-refractivity contribution < 1.29 is 19.5 Å². The van der Waals surface area contributed by atoms with Crippen LogP contribution >= 0.6 is 11.8 Å². The van der Waals surface area contributed by atoms with Gasteiger partial charge < -0.3 is 15.7 Å². The fourth-order valence-electron chi connectivity index (χ4n) is 4.52. The van der Waals surface area contributed by atoms with Gasteiger partial charge in [0.1, 0.15) is 5.25 Å². The predicted octanol–water partition coefficient (Wildman–Crippen LogP) is 7.57. The summed E-state index contributed by atoms with van der Waals surface area (Å²) in [5, 5.41) is 16.1. The molecule has 5 rings (SSSR count). The highest BCUT2D eigenvalue weighted by atomic mass is 32.2. The van der Waals surface area contributed by atoms with Gasteiger partial charge in [-0.25, -0.2) is 4.79 Å². The van der Waals surface area contributed by atoms with Gasteiger partial charge in [-0.2, -0.15) is 0 Å². The fourth-order valence-corrected chi connectivity index (χ4v) is 5.60. The van der Waals surface area contributed by atoms with E-state index in [1.807, 2.05) is 79.7 Å². The first kappa shape index (κ1) is 26.7. The van der Waals surface area contributed by atoms with Gasteiger partial charge in [0.25, 0.3) is 5.91 Å². The quantitative estimate of drug-likeness (QED) is 0.175. The lowest BCUT2D eigenvalue weighted by Crippen LogP contribution is -2.19. The largest absolute Gasteiger partial charge is 0.478 e. The second-order valence-electron chi connectivity index (χ2n) is 9.26. The summed E-state index contributed by atoms with van der Waals surface area (Å²) in [5.41, 5.74) is 3.50. The van der Waals surface area contributed by atoms with E-state index in [1.165, 1.54) is 17.8 Å². The number of hydrogen-bond acceptors (Lipinski definition) is 4. The monoisotopic (exact) mass is 546 g/mol. The zero-order valence-corrected chi connectivity index (χ0v) is 22.4. The molecule has 0 radical (unpaired) electrons. The number of carbonyl (C=O) groups excluding carboxylic acids is 2. The number of aryl methyl sites for hydroxylation is 1. The van der Waals surface area contributed by atoms with E-state index >= 15 is 0 Å². The van der Waals surface area contributed by atoms with Gasteiger partial charge in [0, 0.05) is 27.2 Å². The van der Waals surface area contributed by atoms with Crippen LogP contribution in [-0.2, 0) is 4.79 Å². The molecule has 6 nitrogen and oxygen atoms in total. The lowest BCUT2D eigenvalue weighted by molar-refractivity contribution is -0.115. The van der Waals surface area contributed by atoms with Crippen molar-refractivity contribution in [3.63, 3.8) is 0 Å². The van der Waals surface area contributed by atoms with Gasteiger partial charge in [-0.15, -0.1) is 11.8 Å². The molecule has 1 atom stereocenters. The van der Waals surface area contributed by atoms with Crippen molar-refractivity contribution in [2.45, 2.75) is 17.1 Å². The molecular weight excluding hydrogens is 520 g/mol. The molecule has 0 aliphatic heterocycles. The molecule has 7 heteroatoms. The van der Waals surface area contributed by atoms with Gasteiger partial charge in [0.15, 0.2) is 0 Å². The zero-order chi connectivity index (χ0) is 28.1. The molecule has 3 N–H and O–H groups in total. The number of nitrogens with one attached hydrogen (secondary N) is 2. The number of anilines is 2. The number of amides is 2. The lowest BCUT2D eigenvalue weighted by Gasteiger charge is -2.18. The van der Waals surface area contributed by atoms with Crippen LogP contribution in [-0.4, -0.2) is 22.9 Å². The number of hydrogen-bond donors (Lipinski definition) is 3. The SMILES string of the molecule is Cc1cccc(NC(=O)C(Sc2cccc(NC(=O)c3cccc4cccc(C(=O)O)c34)c2)c2ccccc2)c1. The van der Waals surface area contributed by atoms with Crippen LogP contribution in [0.1, 0.15) is 37.1 Å². The van der Waals surface area contributed by atoms with Crippen molar-refractivity contribution in [2.75, 3.05) is 10.6 Å². The zero-order valence-electron chi connectivity index (χ0n) is 21.6. The Kier molecular flexibility index (Phi) is 7.94. The summed E-state index contributed by atoms with van der Waals surface area (Å²) in [6, 6.07) is 34.5. The minimum atomic E-state index is -1.10. The van der Waals surface area contributed by atoms with E-state index in [1.54, 1.807) is 36.4 Å². The second kappa shape index (κ2) is 11.9.